The first-order chi connectivity index (χ1) is 10.9. The van der Waals surface area contributed by atoms with Gasteiger partial charge in [-0.15, -0.1) is 0 Å². The molecule has 2 rings (SSSR count). The van der Waals surface area contributed by atoms with Gasteiger partial charge in [0.25, 0.3) is 0 Å². The van der Waals surface area contributed by atoms with Gasteiger partial charge in [0.05, 0.1) is 6.21 Å². The van der Waals surface area contributed by atoms with Crippen LogP contribution in [0.3, 0.4) is 0 Å². The standard InChI is InChI=1S/C15H10Cl3N3O2/c16-10-3-1-9(2-4-10)8-19-21-15(23)14(22)20-13-6-11(17)5-12(18)7-13/h1-8H,(H,20,22)(H,21,23)/b19-8-. The Hall–Kier alpha value is -2.08. The van der Waals surface area contributed by atoms with Crippen molar-refractivity contribution in [2.45, 2.75) is 0 Å². The second-order valence-corrected chi connectivity index (χ2v) is 5.67. The summed E-state index contributed by atoms with van der Waals surface area (Å²) in [5.74, 6) is -1.82. The first kappa shape index (κ1) is 17.3. The lowest BCUT2D eigenvalue weighted by molar-refractivity contribution is -0.136. The van der Waals surface area contributed by atoms with Gasteiger partial charge in [0.15, 0.2) is 0 Å². The molecule has 5 nitrogen and oxygen atoms in total. The van der Waals surface area contributed by atoms with Crippen molar-refractivity contribution in [1.82, 2.24) is 5.43 Å². The number of rotatable bonds is 3. The van der Waals surface area contributed by atoms with E-state index in [9.17, 15) is 9.59 Å². The summed E-state index contributed by atoms with van der Waals surface area (Å²) in [6.07, 6.45) is 1.39. The van der Waals surface area contributed by atoms with Crippen molar-refractivity contribution in [1.29, 1.82) is 0 Å². The van der Waals surface area contributed by atoms with Crippen molar-refractivity contribution in [2.24, 2.45) is 5.10 Å². The Morgan fingerprint density at radius 2 is 1.48 bits per heavy atom. The third-order valence-electron chi connectivity index (χ3n) is 2.58. The molecular formula is C15H10Cl3N3O2. The van der Waals surface area contributed by atoms with E-state index in [1.165, 1.54) is 24.4 Å². The van der Waals surface area contributed by atoms with E-state index in [-0.39, 0.29) is 0 Å². The molecule has 0 fully saturated rings. The van der Waals surface area contributed by atoms with Gasteiger partial charge in [0, 0.05) is 20.8 Å². The summed E-state index contributed by atoms with van der Waals surface area (Å²) in [7, 11) is 0. The van der Waals surface area contributed by atoms with E-state index in [0.29, 0.717) is 20.8 Å². The van der Waals surface area contributed by atoms with Crippen LogP contribution in [0.4, 0.5) is 5.69 Å². The zero-order valence-electron chi connectivity index (χ0n) is 11.5. The quantitative estimate of drug-likeness (QED) is 0.491. The zero-order valence-corrected chi connectivity index (χ0v) is 13.8. The maximum atomic E-state index is 11.7. The normalized spacial score (nSPS) is 10.6. The second-order valence-electron chi connectivity index (χ2n) is 4.36. The van der Waals surface area contributed by atoms with Crippen molar-refractivity contribution >= 4 is 58.5 Å². The minimum absolute atomic E-state index is 0.310. The van der Waals surface area contributed by atoms with Crippen molar-refractivity contribution < 1.29 is 9.59 Å². The number of amides is 2. The van der Waals surface area contributed by atoms with E-state index in [0.717, 1.165) is 5.56 Å². The number of carbonyl (C=O) groups excluding carboxylic acids is 2. The maximum Gasteiger partial charge on any atom is 0.329 e. The van der Waals surface area contributed by atoms with E-state index in [1.54, 1.807) is 24.3 Å². The Balaban J connectivity index is 1.92. The summed E-state index contributed by atoms with van der Waals surface area (Å²) < 4.78 is 0. The van der Waals surface area contributed by atoms with E-state index in [1.807, 2.05) is 0 Å². The van der Waals surface area contributed by atoms with Gasteiger partial charge in [-0.05, 0) is 35.9 Å². The summed E-state index contributed by atoms with van der Waals surface area (Å²) in [5.41, 5.74) is 3.14. The number of carbonyl (C=O) groups is 2. The topological polar surface area (TPSA) is 70.6 Å². The molecule has 0 aliphatic heterocycles. The van der Waals surface area contributed by atoms with Crippen LogP contribution in [-0.4, -0.2) is 18.0 Å². The van der Waals surface area contributed by atoms with Crippen LogP contribution < -0.4 is 10.7 Å². The number of anilines is 1. The molecule has 0 heterocycles. The average molecular weight is 371 g/mol. The molecular weight excluding hydrogens is 361 g/mol. The van der Waals surface area contributed by atoms with Gasteiger partial charge in [-0.2, -0.15) is 5.10 Å². The minimum Gasteiger partial charge on any atom is -0.318 e. The lowest BCUT2D eigenvalue weighted by Gasteiger charge is -2.05. The van der Waals surface area contributed by atoms with E-state index >= 15 is 0 Å². The highest BCUT2D eigenvalue weighted by atomic mass is 35.5. The molecule has 0 unspecified atom stereocenters. The number of benzene rings is 2. The van der Waals surface area contributed by atoms with Crippen LogP contribution in [0.25, 0.3) is 0 Å². The molecule has 0 spiro atoms. The van der Waals surface area contributed by atoms with Crippen molar-refractivity contribution in [2.75, 3.05) is 5.32 Å². The predicted molar refractivity (Wildman–Crippen MR) is 92.3 cm³/mol. The van der Waals surface area contributed by atoms with Crippen LogP contribution in [0.5, 0.6) is 0 Å². The number of nitrogens with one attached hydrogen (secondary N) is 2. The molecule has 2 amide bonds. The molecule has 0 aromatic heterocycles. The summed E-state index contributed by atoms with van der Waals surface area (Å²) >= 11 is 17.4. The zero-order chi connectivity index (χ0) is 16.8. The third kappa shape index (κ3) is 5.56. The van der Waals surface area contributed by atoms with Gasteiger partial charge in [-0.1, -0.05) is 46.9 Å². The Morgan fingerprint density at radius 1 is 0.870 bits per heavy atom. The lowest BCUT2D eigenvalue weighted by Crippen LogP contribution is -2.32. The summed E-state index contributed by atoms with van der Waals surface area (Å²) in [6, 6.07) is 11.2. The number of hydrazone groups is 1. The molecule has 0 bridgehead atoms. The fourth-order valence-corrected chi connectivity index (χ4v) is 2.23. The first-order valence-corrected chi connectivity index (χ1v) is 7.43. The Kier molecular flexibility index (Phi) is 5.98. The number of hydrogen-bond donors (Lipinski definition) is 2. The molecule has 2 N–H and O–H groups in total. The van der Waals surface area contributed by atoms with E-state index < -0.39 is 11.8 Å². The molecule has 0 saturated heterocycles. The molecule has 0 aliphatic rings. The molecule has 0 radical (unpaired) electrons. The highest BCUT2D eigenvalue weighted by molar-refractivity contribution is 6.40. The maximum absolute atomic E-state index is 11.7. The van der Waals surface area contributed by atoms with Crippen LogP contribution >= 0.6 is 34.8 Å². The van der Waals surface area contributed by atoms with E-state index in [2.05, 4.69) is 15.8 Å². The van der Waals surface area contributed by atoms with Gasteiger partial charge in [-0.3, -0.25) is 9.59 Å². The largest absolute Gasteiger partial charge is 0.329 e. The Labute approximate surface area is 147 Å². The molecule has 2 aromatic carbocycles. The van der Waals surface area contributed by atoms with Crippen LogP contribution in [0.2, 0.25) is 15.1 Å². The second kappa shape index (κ2) is 7.97. The lowest BCUT2D eigenvalue weighted by atomic mass is 10.2. The fraction of sp³-hybridized carbons (Fsp3) is 0. The summed E-state index contributed by atoms with van der Waals surface area (Å²) in [4.78, 5) is 23.4. The molecule has 23 heavy (non-hydrogen) atoms. The first-order valence-electron chi connectivity index (χ1n) is 6.30. The summed E-state index contributed by atoms with van der Waals surface area (Å²) in [5, 5.41) is 7.33. The molecule has 0 atom stereocenters. The van der Waals surface area contributed by atoms with Gasteiger partial charge in [0.1, 0.15) is 0 Å². The van der Waals surface area contributed by atoms with E-state index in [4.69, 9.17) is 34.8 Å². The molecule has 0 aliphatic carbocycles. The number of nitrogens with zero attached hydrogens (tertiary/aromatic N) is 1. The number of halogens is 3. The number of hydrogen-bond acceptors (Lipinski definition) is 3. The fourth-order valence-electron chi connectivity index (χ4n) is 1.58. The Bertz CT molecular complexity index is 741. The van der Waals surface area contributed by atoms with Crippen molar-refractivity contribution in [3.63, 3.8) is 0 Å². The van der Waals surface area contributed by atoms with Gasteiger partial charge in [0.2, 0.25) is 0 Å². The highest BCUT2D eigenvalue weighted by Crippen LogP contribution is 2.22. The van der Waals surface area contributed by atoms with Crippen molar-refractivity contribution in [3.8, 4) is 0 Å². The van der Waals surface area contributed by atoms with Gasteiger partial charge < -0.3 is 5.32 Å². The van der Waals surface area contributed by atoms with Crippen LogP contribution in [0.15, 0.2) is 47.6 Å². The SMILES string of the molecule is O=C(N/N=C\c1ccc(Cl)cc1)C(=O)Nc1cc(Cl)cc(Cl)c1. The Morgan fingerprint density at radius 3 is 2.09 bits per heavy atom. The molecule has 2 aromatic rings. The van der Waals surface area contributed by atoms with Crippen LogP contribution in [-0.2, 0) is 9.59 Å². The summed E-state index contributed by atoms with van der Waals surface area (Å²) in [6.45, 7) is 0. The third-order valence-corrected chi connectivity index (χ3v) is 3.26. The minimum atomic E-state index is -0.925. The molecule has 0 saturated carbocycles. The molecule has 118 valence electrons. The van der Waals surface area contributed by atoms with Crippen LogP contribution in [0, 0.1) is 0 Å². The molecule has 8 heteroatoms. The monoisotopic (exact) mass is 369 g/mol. The smallest absolute Gasteiger partial charge is 0.318 e. The van der Waals surface area contributed by atoms with Gasteiger partial charge >= 0.3 is 11.8 Å². The van der Waals surface area contributed by atoms with Crippen molar-refractivity contribution in [3.05, 3.63) is 63.1 Å². The van der Waals surface area contributed by atoms with Crippen LogP contribution in [0.1, 0.15) is 5.56 Å². The average Bonchev–Trinajstić information content (AvgIpc) is 2.48. The van der Waals surface area contributed by atoms with Gasteiger partial charge in [-0.25, -0.2) is 5.43 Å². The highest BCUT2D eigenvalue weighted by Gasteiger charge is 2.13. The predicted octanol–water partition coefficient (Wildman–Crippen LogP) is 3.74.